The third kappa shape index (κ3) is 4.97. The highest BCUT2D eigenvalue weighted by Crippen LogP contribution is 2.46. The molecule has 0 saturated carbocycles. The molecule has 0 spiro atoms. The molecule has 0 bridgehead atoms. The summed E-state index contributed by atoms with van der Waals surface area (Å²) in [7, 11) is 1.16. The van der Waals surface area contributed by atoms with Gasteiger partial charge in [0.2, 0.25) is 5.82 Å². The van der Waals surface area contributed by atoms with Crippen molar-refractivity contribution in [1.29, 1.82) is 0 Å². The predicted molar refractivity (Wildman–Crippen MR) is 111 cm³/mol. The molecule has 14 heteroatoms. The van der Waals surface area contributed by atoms with E-state index in [-0.39, 0.29) is 17.9 Å². The van der Waals surface area contributed by atoms with E-state index in [1.54, 1.807) is 0 Å². The van der Waals surface area contributed by atoms with Crippen LogP contribution in [0.25, 0.3) is 5.69 Å². The molecule has 2 atom stereocenters. The first-order valence-electron chi connectivity index (χ1n) is 10.7. The zero-order chi connectivity index (χ0) is 27.1. The van der Waals surface area contributed by atoms with Gasteiger partial charge in [-0.05, 0) is 31.2 Å². The Hall–Kier alpha value is -3.68. The van der Waals surface area contributed by atoms with Crippen LogP contribution in [0.3, 0.4) is 0 Å². The summed E-state index contributed by atoms with van der Waals surface area (Å²) >= 11 is 0. The molecule has 1 aliphatic heterocycles. The highest BCUT2D eigenvalue weighted by atomic mass is 19.4. The summed E-state index contributed by atoms with van der Waals surface area (Å²) in [4.78, 5) is 12.3. The third-order valence-corrected chi connectivity index (χ3v) is 5.56. The van der Waals surface area contributed by atoms with Crippen molar-refractivity contribution < 1.29 is 49.7 Å². The van der Waals surface area contributed by atoms with Crippen molar-refractivity contribution in [2.75, 3.05) is 13.7 Å². The second-order valence-corrected chi connectivity index (χ2v) is 7.86. The second-order valence-electron chi connectivity index (χ2n) is 7.86. The summed E-state index contributed by atoms with van der Waals surface area (Å²) in [6.07, 6.45) is -13.9. The molecule has 0 aliphatic carbocycles. The summed E-state index contributed by atoms with van der Waals surface area (Å²) in [5.41, 5.74) is -2.44. The van der Waals surface area contributed by atoms with E-state index in [4.69, 9.17) is 14.2 Å². The van der Waals surface area contributed by atoms with Crippen LogP contribution in [0.5, 0.6) is 5.75 Å². The molecule has 4 rings (SSSR count). The molecular formula is C23H18F7N3O4. The molecular weight excluding hydrogens is 515 g/mol. The molecule has 2 unspecified atom stereocenters. The van der Waals surface area contributed by atoms with Crippen LogP contribution in [-0.4, -0.2) is 34.5 Å². The van der Waals surface area contributed by atoms with Crippen LogP contribution >= 0.6 is 0 Å². The Kier molecular flexibility index (Phi) is 6.88. The van der Waals surface area contributed by atoms with Crippen molar-refractivity contribution in [3.8, 4) is 11.4 Å². The quantitative estimate of drug-likeness (QED) is 0.316. The van der Waals surface area contributed by atoms with Gasteiger partial charge in [0.25, 0.3) is 0 Å². The Bertz CT molecular complexity index is 1320. The SMILES string of the molecule is CCOC(=O)CC1OC(c2cccc(OC)c2F)c2cc(C(F)(F)F)ccc2-n2c1nnc2C(F)(F)F. The van der Waals surface area contributed by atoms with Gasteiger partial charge in [0.1, 0.15) is 12.2 Å². The van der Waals surface area contributed by atoms with Crippen LogP contribution in [-0.2, 0) is 26.6 Å². The lowest BCUT2D eigenvalue weighted by molar-refractivity contribution is -0.147. The molecule has 0 amide bonds. The number of rotatable bonds is 5. The molecule has 3 aromatic rings. The lowest BCUT2D eigenvalue weighted by atomic mass is 9.96. The van der Waals surface area contributed by atoms with E-state index in [9.17, 15) is 31.1 Å². The summed E-state index contributed by atoms with van der Waals surface area (Å²) in [6, 6.07) is 5.70. The van der Waals surface area contributed by atoms with Crippen molar-refractivity contribution in [2.24, 2.45) is 0 Å². The molecule has 2 aromatic carbocycles. The minimum Gasteiger partial charge on any atom is -0.494 e. The van der Waals surface area contributed by atoms with Crippen LogP contribution in [0.15, 0.2) is 36.4 Å². The smallest absolute Gasteiger partial charge is 0.452 e. The molecule has 1 aromatic heterocycles. The standard InChI is InChI=1S/C23H18F7N3O4/c1-3-36-17(34)10-16-20-31-32-21(23(28,29)30)33(20)14-8-7-11(22(25,26)27)9-13(14)19(37-16)12-5-4-6-15(35-2)18(12)24/h4-9,16,19H,3,10H2,1-2H3. The first kappa shape index (κ1) is 26.4. The number of carbonyl (C=O) groups is 1. The molecule has 7 nitrogen and oxygen atoms in total. The van der Waals surface area contributed by atoms with Crippen molar-refractivity contribution in [2.45, 2.75) is 37.9 Å². The number of esters is 1. The lowest BCUT2D eigenvalue weighted by Crippen LogP contribution is -2.18. The average molecular weight is 533 g/mol. The fourth-order valence-electron chi connectivity index (χ4n) is 4.01. The zero-order valence-electron chi connectivity index (χ0n) is 19.2. The van der Waals surface area contributed by atoms with E-state index in [1.807, 2.05) is 0 Å². The topological polar surface area (TPSA) is 75.5 Å². The van der Waals surface area contributed by atoms with Crippen molar-refractivity contribution >= 4 is 5.97 Å². The van der Waals surface area contributed by atoms with E-state index in [0.717, 1.165) is 13.2 Å². The summed E-state index contributed by atoms with van der Waals surface area (Å²) in [5.74, 6) is -4.26. The van der Waals surface area contributed by atoms with Gasteiger partial charge in [-0.3, -0.25) is 9.36 Å². The van der Waals surface area contributed by atoms with Crippen LogP contribution in [0.1, 0.15) is 53.9 Å². The maximum atomic E-state index is 15.3. The second kappa shape index (κ2) is 9.65. The Morgan fingerprint density at radius 1 is 1.05 bits per heavy atom. The van der Waals surface area contributed by atoms with E-state index in [0.29, 0.717) is 16.7 Å². The molecule has 1 aliphatic rings. The number of alkyl halides is 6. The normalized spacial score (nSPS) is 17.5. The van der Waals surface area contributed by atoms with E-state index < -0.39 is 71.2 Å². The number of halogens is 7. The van der Waals surface area contributed by atoms with Crippen LogP contribution in [0, 0.1) is 5.82 Å². The Morgan fingerprint density at radius 2 is 1.78 bits per heavy atom. The van der Waals surface area contributed by atoms with Crippen LogP contribution < -0.4 is 4.74 Å². The lowest BCUT2D eigenvalue weighted by Gasteiger charge is -2.24. The fraction of sp³-hybridized carbons (Fsp3) is 0.348. The number of hydrogen-bond donors (Lipinski definition) is 0. The van der Waals surface area contributed by atoms with Crippen molar-refractivity contribution in [1.82, 2.24) is 14.8 Å². The van der Waals surface area contributed by atoms with E-state index in [2.05, 4.69) is 10.2 Å². The predicted octanol–water partition coefficient (Wildman–Crippen LogP) is 5.57. The fourth-order valence-corrected chi connectivity index (χ4v) is 4.01. The number of nitrogens with zero attached hydrogens (tertiary/aromatic N) is 3. The largest absolute Gasteiger partial charge is 0.494 e. The molecule has 37 heavy (non-hydrogen) atoms. The van der Waals surface area contributed by atoms with Gasteiger partial charge in [-0.1, -0.05) is 12.1 Å². The minimum absolute atomic E-state index is 0.0604. The number of ether oxygens (including phenoxy) is 3. The van der Waals surface area contributed by atoms with E-state index >= 15 is 4.39 Å². The number of methoxy groups -OCH3 is 1. The first-order chi connectivity index (χ1) is 17.4. The molecule has 0 radical (unpaired) electrons. The maximum absolute atomic E-state index is 15.3. The number of hydrogen-bond acceptors (Lipinski definition) is 6. The summed E-state index contributed by atoms with van der Waals surface area (Å²) in [5, 5.41) is 6.72. The zero-order valence-corrected chi connectivity index (χ0v) is 19.2. The number of carbonyl (C=O) groups excluding carboxylic acids is 1. The Labute approximate surface area is 204 Å². The van der Waals surface area contributed by atoms with Crippen LogP contribution in [0.4, 0.5) is 30.7 Å². The Morgan fingerprint density at radius 3 is 2.41 bits per heavy atom. The van der Waals surface area contributed by atoms with Gasteiger partial charge in [0.05, 0.1) is 31.4 Å². The first-order valence-corrected chi connectivity index (χ1v) is 10.7. The van der Waals surface area contributed by atoms with Gasteiger partial charge in [-0.15, -0.1) is 10.2 Å². The average Bonchev–Trinajstić information content (AvgIpc) is 3.22. The van der Waals surface area contributed by atoms with Gasteiger partial charge in [-0.25, -0.2) is 4.39 Å². The van der Waals surface area contributed by atoms with Gasteiger partial charge in [0.15, 0.2) is 17.4 Å². The van der Waals surface area contributed by atoms with Crippen molar-refractivity contribution in [3.63, 3.8) is 0 Å². The van der Waals surface area contributed by atoms with E-state index in [1.165, 1.54) is 25.1 Å². The Balaban J connectivity index is 2.03. The number of aromatic nitrogens is 3. The minimum atomic E-state index is -5.08. The molecule has 2 heterocycles. The van der Waals surface area contributed by atoms with Gasteiger partial charge in [-0.2, -0.15) is 26.3 Å². The van der Waals surface area contributed by atoms with Crippen LogP contribution in [0.2, 0.25) is 0 Å². The van der Waals surface area contributed by atoms with Gasteiger partial charge < -0.3 is 14.2 Å². The third-order valence-electron chi connectivity index (χ3n) is 5.56. The summed E-state index contributed by atoms with van der Waals surface area (Å²) in [6.45, 7) is 1.44. The maximum Gasteiger partial charge on any atom is 0.452 e. The highest BCUT2D eigenvalue weighted by Gasteiger charge is 2.44. The molecule has 198 valence electrons. The molecule has 0 fully saturated rings. The monoisotopic (exact) mass is 533 g/mol. The number of fused-ring (bicyclic) bond motifs is 3. The summed E-state index contributed by atoms with van der Waals surface area (Å²) < 4.78 is 114. The van der Waals surface area contributed by atoms with Gasteiger partial charge in [0, 0.05) is 11.1 Å². The molecule has 0 saturated heterocycles. The molecule has 0 N–H and O–H groups in total. The highest BCUT2D eigenvalue weighted by molar-refractivity contribution is 5.70. The van der Waals surface area contributed by atoms with Crippen molar-refractivity contribution in [3.05, 3.63) is 70.6 Å². The number of benzene rings is 2. The van der Waals surface area contributed by atoms with Gasteiger partial charge >= 0.3 is 18.3 Å².